The van der Waals surface area contributed by atoms with Crippen LogP contribution in [0.25, 0.3) is 0 Å². The normalized spacial score (nSPS) is 19.5. The minimum Gasteiger partial charge on any atom is -0.355 e. The van der Waals surface area contributed by atoms with E-state index >= 15 is 0 Å². The largest absolute Gasteiger partial charge is 0.355 e. The van der Waals surface area contributed by atoms with Crippen molar-refractivity contribution in [3.63, 3.8) is 0 Å². The quantitative estimate of drug-likeness (QED) is 0.776. The first-order valence-corrected chi connectivity index (χ1v) is 7.18. The number of sulfonamides is 1. The van der Waals surface area contributed by atoms with Crippen molar-refractivity contribution >= 4 is 15.9 Å². The number of hydrogen-bond donors (Lipinski definition) is 2. The average molecular weight is 280 g/mol. The molecule has 8 heteroatoms. The van der Waals surface area contributed by atoms with Crippen LogP contribution < -0.4 is 10.0 Å². The third-order valence-corrected chi connectivity index (χ3v) is 4.25. The number of piperidine rings is 1. The van der Waals surface area contributed by atoms with E-state index in [0.29, 0.717) is 19.4 Å². The highest BCUT2D eigenvalue weighted by Gasteiger charge is 2.29. The van der Waals surface area contributed by atoms with Crippen molar-refractivity contribution in [3.8, 4) is 6.07 Å². The zero-order valence-corrected chi connectivity index (χ0v) is 10.8. The van der Waals surface area contributed by atoms with Crippen molar-refractivity contribution in [1.29, 1.82) is 5.26 Å². The number of pyridine rings is 1. The highest BCUT2D eigenvalue weighted by atomic mass is 32.2. The molecule has 1 aliphatic rings. The molecule has 7 nitrogen and oxygen atoms in total. The monoisotopic (exact) mass is 280 g/mol. The molecule has 2 rings (SSSR count). The Bertz CT molecular complexity index is 636. The van der Waals surface area contributed by atoms with Crippen LogP contribution in [0.2, 0.25) is 0 Å². The van der Waals surface area contributed by atoms with E-state index in [1.807, 2.05) is 0 Å². The van der Waals surface area contributed by atoms with Crippen molar-refractivity contribution in [2.75, 3.05) is 6.54 Å². The Morgan fingerprint density at radius 3 is 3.00 bits per heavy atom. The van der Waals surface area contributed by atoms with Crippen molar-refractivity contribution in [1.82, 2.24) is 15.0 Å². The lowest BCUT2D eigenvalue weighted by molar-refractivity contribution is -0.124. The Balaban J connectivity index is 2.28. The Hall–Kier alpha value is -1.98. The van der Waals surface area contributed by atoms with Crippen LogP contribution in [0.3, 0.4) is 0 Å². The van der Waals surface area contributed by atoms with Crippen LogP contribution in [0.1, 0.15) is 18.5 Å². The van der Waals surface area contributed by atoms with Gasteiger partial charge in [-0.3, -0.25) is 4.79 Å². The SMILES string of the molecule is N#Cc1ncccc1S(=O)(=O)NC1CCCNC1=O. The van der Waals surface area contributed by atoms with Crippen molar-refractivity contribution in [3.05, 3.63) is 24.0 Å². The van der Waals surface area contributed by atoms with Gasteiger partial charge >= 0.3 is 0 Å². The maximum atomic E-state index is 12.1. The number of nitrogens with zero attached hydrogens (tertiary/aromatic N) is 2. The van der Waals surface area contributed by atoms with E-state index in [4.69, 9.17) is 5.26 Å². The van der Waals surface area contributed by atoms with E-state index in [-0.39, 0.29) is 16.5 Å². The van der Waals surface area contributed by atoms with Crippen LogP contribution in [0, 0.1) is 11.3 Å². The summed E-state index contributed by atoms with van der Waals surface area (Å²) in [5, 5.41) is 11.4. The molecule has 1 atom stereocenters. The van der Waals surface area contributed by atoms with E-state index in [9.17, 15) is 13.2 Å². The van der Waals surface area contributed by atoms with Crippen LogP contribution in [0.4, 0.5) is 0 Å². The van der Waals surface area contributed by atoms with E-state index in [2.05, 4.69) is 15.0 Å². The molecule has 0 saturated carbocycles. The first kappa shape index (κ1) is 13.5. The fourth-order valence-electron chi connectivity index (χ4n) is 1.83. The lowest BCUT2D eigenvalue weighted by atomic mass is 10.1. The summed E-state index contributed by atoms with van der Waals surface area (Å²) >= 11 is 0. The average Bonchev–Trinajstić information content (AvgIpc) is 2.41. The third-order valence-electron chi connectivity index (χ3n) is 2.75. The van der Waals surface area contributed by atoms with Crippen molar-refractivity contribution in [2.45, 2.75) is 23.8 Å². The lowest BCUT2D eigenvalue weighted by Gasteiger charge is -2.22. The summed E-state index contributed by atoms with van der Waals surface area (Å²) in [7, 11) is -3.93. The molecule has 1 unspecified atom stereocenters. The summed E-state index contributed by atoms with van der Waals surface area (Å²) in [5.74, 6) is -0.350. The van der Waals surface area contributed by atoms with Crippen LogP contribution in [0.15, 0.2) is 23.2 Å². The molecular weight excluding hydrogens is 268 g/mol. The summed E-state index contributed by atoms with van der Waals surface area (Å²) in [4.78, 5) is 15.0. The van der Waals surface area contributed by atoms with Gasteiger partial charge in [0.2, 0.25) is 15.9 Å². The second-order valence-corrected chi connectivity index (χ2v) is 5.75. The van der Waals surface area contributed by atoms with Gasteiger partial charge in [-0.05, 0) is 25.0 Å². The second kappa shape index (κ2) is 5.34. The number of rotatable bonds is 3. The van der Waals surface area contributed by atoms with Gasteiger partial charge in [-0.2, -0.15) is 9.98 Å². The molecule has 1 aliphatic heterocycles. The third kappa shape index (κ3) is 2.89. The number of nitriles is 1. The van der Waals surface area contributed by atoms with Crippen LogP contribution in [-0.4, -0.2) is 31.9 Å². The molecule has 1 amide bonds. The first-order valence-electron chi connectivity index (χ1n) is 5.70. The Morgan fingerprint density at radius 2 is 2.32 bits per heavy atom. The van der Waals surface area contributed by atoms with Crippen LogP contribution in [0.5, 0.6) is 0 Å². The topological polar surface area (TPSA) is 112 Å². The number of aromatic nitrogens is 1. The van der Waals surface area contributed by atoms with Gasteiger partial charge in [-0.15, -0.1) is 0 Å². The molecule has 1 saturated heterocycles. The van der Waals surface area contributed by atoms with Crippen LogP contribution in [-0.2, 0) is 14.8 Å². The Labute approximate surface area is 110 Å². The van der Waals surface area contributed by atoms with Crippen LogP contribution >= 0.6 is 0 Å². The van der Waals surface area contributed by atoms with Crippen molar-refractivity contribution in [2.24, 2.45) is 0 Å². The van der Waals surface area contributed by atoms with Gasteiger partial charge in [-0.25, -0.2) is 13.4 Å². The summed E-state index contributed by atoms with van der Waals surface area (Å²) in [6.45, 7) is 0.549. The smallest absolute Gasteiger partial charge is 0.244 e. The minimum absolute atomic E-state index is 0.189. The van der Waals surface area contributed by atoms with E-state index in [0.717, 1.165) is 0 Å². The molecule has 19 heavy (non-hydrogen) atoms. The molecular formula is C11H12N4O3S. The van der Waals surface area contributed by atoms with Gasteiger partial charge in [0.1, 0.15) is 17.0 Å². The van der Waals surface area contributed by atoms with Gasteiger partial charge in [0.05, 0.1) is 0 Å². The molecule has 100 valence electrons. The second-order valence-electron chi connectivity index (χ2n) is 4.07. The number of carbonyl (C=O) groups excluding carboxylic acids is 1. The molecule has 0 aromatic carbocycles. The highest BCUT2D eigenvalue weighted by molar-refractivity contribution is 7.89. The molecule has 2 N–H and O–H groups in total. The molecule has 1 aromatic heterocycles. The van der Waals surface area contributed by atoms with E-state index < -0.39 is 16.1 Å². The van der Waals surface area contributed by atoms with E-state index in [1.165, 1.54) is 18.3 Å². The number of carbonyl (C=O) groups is 1. The highest BCUT2D eigenvalue weighted by Crippen LogP contribution is 2.14. The fourth-order valence-corrected chi connectivity index (χ4v) is 3.16. The molecule has 0 spiro atoms. The predicted molar refractivity (Wildman–Crippen MR) is 65.3 cm³/mol. The number of nitrogens with one attached hydrogen (secondary N) is 2. The van der Waals surface area contributed by atoms with Gasteiger partial charge in [0, 0.05) is 12.7 Å². The lowest BCUT2D eigenvalue weighted by Crippen LogP contribution is -2.50. The predicted octanol–water partition coefficient (Wildman–Crippen LogP) is -0.490. The van der Waals surface area contributed by atoms with Gasteiger partial charge in [0.25, 0.3) is 0 Å². The first-order chi connectivity index (χ1) is 9.04. The molecule has 2 heterocycles. The number of hydrogen-bond acceptors (Lipinski definition) is 5. The summed E-state index contributed by atoms with van der Waals surface area (Å²) in [5.41, 5.74) is -0.189. The van der Waals surface area contributed by atoms with Gasteiger partial charge < -0.3 is 5.32 Å². The summed E-state index contributed by atoms with van der Waals surface area (Å²) < 4.78 is 26.6. The standard InChI is InChI=1S/C11H12N4O3S/c12-7-9-10(4-2-5-13-9)19(17,18)15-8-3-1-6-14-11(8)16/h2,4-5,8,15H,1,3,6H2,(H,14,16). The number of amides is 1. The molecule has 1 fully saturated rings. The minimum atomic E-state index is -3.93. The Morgan fingerprint density at radius 1 is 1.53 bits per heavy atom. The fraction of sp³-hybridized carbons (Fsp3) is 0.364. The Kier molecular flexibility index (Phi) is 3.78. The van der Waals surface area contributed by atoms with Gasteiger partial charge in [-0.1, -0.05) is 0 Å². The molecule has 0 radical (unpaired) electrons. The molecule has 0 bridgehead atoms. The zero-order chi connectivity index (χ0) is 13.9. The van der Waals surface area contributed by atoms with Gasteiger partial charge in [0.15, 0.2) is 5.69 Å². The molecule has 1 aromatic rings. The molecule has 0 aliphatic carbocycles. The summed E-state index contributed by atoms with van der Waals surface area (Å²) in [6, 6.07) is 3.63. The maximum Gasteiger partial charge on any atom is 0.244 e. The van der Waals surface area contributed by atoms with Crippen molar-refractivity contribution < 1.29 is 13.2 Å². The van der Waals surface area contributed by atoms with E-state index in [1.54, 1.807) is 6.07 Å². The summed E-state index contributed by atoms with van der Waals surface area (Å²) in [6.07, 6.45) is 2.48. The maximum absolute atomic E-state index is 12.1. The zero-order valence-electron chi connectivity index (χ0n) is 9.96.